The topological polar surface area (TPSA) is 85.4 Å². The zero-order chi connectivity index (χ0) is 19.1. The maximum atomic E-state index is 12.0. The predicted octanol–water partition coefficient (Wildman–Crippen LogP) is 3.91. The Balaban J connectivity index is 1.56. The number of amides is 2. The van der Waals surface area contributed by atoms with Crippen molar-refractivity contribution in [2.24, 2.45) is 0 Å². The minimum absolute atomic E-state index is 0.337. The van der Waals surface area contributed by atoms with E-state index in [0.29, 0.717) is 29.6 Å². The minimum atomic E-state index is -0.337. The van der Waals surface area contributed by atoms with E-state index in [1.807, 2.05) is 43.3 Å². The van der Waals surface area contributed by atoms with Crippen LogP contribution in [0, 0.1) is 6.92 Å². The molecule has 138 valence electrons. The van der Waals surface area contributed by atoms with Crippen molar-refractivity contribution in [3.05, 3.63) is 72.2 Å². The molecular formula is C20H20N4O3. The fourth-order valence-electron chi connectivity index (χ4n) is 2.34. The van der Waals surface area contributed by atoms with Crippen molar-refractivity contribution in [2.75, 3.05) is 12.4 Å². The average molecular weight is 364 g/mol. The van der Waals surface area contributed by atoms with Gasteiger partial charge in [-0.1, -0.05) is 12.1 Å². The Bertz CT molecular complexity index is 899. The number of ether oxygens (including phenoxy) is 2. The third kappa shape index (κ3) is 5.18. The monoisotopic (exact) mass is 364 g/mol. The molecule has 2 amide bonds. The highest BCUT2D eigenvalue weighted by Gasteiger charge is 2.08. The van der Waals surface area contributed by atoms with Gasteiger partial charge in [0.25, 0.3) is 0 Å². The second-order valence-electron chi connectivity index (χ2n) is 5.77. The Morgan fingerprint density at radius 3 is 2.67 bits per heavy atom. The molecule has 0 bridgehead atoms. The molecule has 7 heteroatoms. The Morgan fingerprint density at radius 2 is 1.96 bits per heavy atom. The number of rotatable bonds is 6. The third-order valence-electron chi connectivity index (χ3n) is 3.68. The van der Waals surface area contributed by atoms with Crippen LogP contribution >= 0.6 is 0 Å². The van der Waals surface area contributed by atoms with Gasteiger partial charge in [-0.3, -0.25) is 4.98 Å². The summed E-state index contributed by atoms with van der Waals surface area (Å²) in [5.74, 6) is 1.61. The molecule has 0 unspecified atom stereocenters. The molecule has 27 heavy (non-hydrogen) atoms. The summed E-state index contributed by atoms with van der Waals surface area (Å²) in [5.41, 5.74) is 2.40. The second kappa shape index (κ2) is 8.66. The van der Waals surface area contributed by atoms with E-state index in [4.69, 9.17) is 9.47 Å². The Morgan fingerprint density at radius 1 is 1.07 bits per heavy atom. The van der Waals surface area contributed by atoms with Gasteiger partial charge in [-0.05, 0) is 42.8 Å². The van der Waals surface area contributed by atoms with Gasteiger partial charge in [0.15, 0.2) is 11.5 Å². The molecule has 0 radical (unpaired) electrons. The van der Waals surface area contributed by atoms with Gasteiger partial charge in [-0.25, -0.2) is 9.78 Å². The number of methoxy groups -OCH3 is 1. The van der Waals surface area contributed by atoms with Crippen LogP contribution in [0.25, 0.3) is 0 Å². The molecule has 2 N–H and O–H groups in total. The standard InChI is InChI=1S/C20H20N4O3/c1-14-6-8-17(18(11-14)26-2)27-19-9-7-16(13-22-19)24-20(25)23-12-15-5-3-4-10-21-15/h3-11,13H,12H2,1-2H3,(H2,23,24,25). The third-order valence-corrected chi connectivity index (χ3v) is 3.68. The van der Waals surface area contributed by atoms with Crippen molar-refractivity contribution in [3.63, 3.8) is 0 Å². The van der Waals surface area contributed by atoms with Crippen molar-refractivity contribution in [1.82, 2.24) is 15.3 Å². The lowest BCUT2D eigenvalue weighted by Crippen LogP contribution is -2.28. The second-order valence-corrected chi connectivity index (χ2v) is 5.77. The molecule has 0 atom stereocenters. The number of nitrogens with one attached hydrogen (secondary N) is 2. The van der Waals surface area contributed by atoms with E-state index in [0.717, 1.165) is 11.3 Å². The van der Waals surface area contributed by atoms with Crippen LogP contribution in [0.2, 0.25) is 0 Å². The Kier molecular flexibility index (Phi) is 5.84. The number of aromatic nitrogens is 2. The van der Waals surface area contributed by atoms with Crippen LogP contribution in [0.5, 0.6) is 17.4 Å². The zero-order valence-electron chi connectivity index (χ0n) is 15.1. The molecule has 2 heterocycles. The summed E-state index contributed by atoms with van der Waals surface area (Å²) < 4.78 is 11.1. The first-order chi connectivity index (χ1) is 13.1. The van der Waals surface area contributed by atoms with Gasteiger partial charge in [-0.15, -0.1) is 0 Å². The number of anilines is 1. The van der Waals surface area contributed by atoms with Crippen LogP contribution in [0.4, 0.5) is 10.5 Å². The largest absolute Gasteiger partial charge is 0.493 e. The first-order valence-corrected chi connectivity index (χ1v) is 8.37. The molecule has 0 aliphatic heterocycles. The van der Waals surface area contributed by atoms with Gasteiger partial charge < -0.3 is 20.1 Å². The van der Waals surface area contributed by atoms with Gasteiger partial charge in [0.2, 0.25) is 5.88 Å². The summed E-state index contributed by atoms with van der Waals surface area (Å²) in [6.07, 6.45) is 3.21. The Labute approximate surface area is 157 Å². The van der Waals surface area contributed by atoms with Crippen molar-refractivity contribution in [2.45, 2.75) is 13.5 Å². The lowest BCUT2D eigenvalue weighted by atomic mass is 10.2. The summed E-state index contributed by atoms with van der Waals surface area (Å²) >= 11 is 0. The fourth-order valence-corrected chi connectivity index (χ4v) is 2.34. The van der Waals surface area contributed by atoms with E-state index in [2.05, 4.69) is 20.6 Å². The van der Waals surface area contributed by atoms with Crippen molar-refractivity contribution < 1.29 is 14.3 Å². The number of hydrogen-bond acceptors (Lipinski definition) is 5. The first kappa shape index (κ1) is 18.2. The number of hydrogen-bond donors (Lipinski definition) is 2. The van der Waals surface area contributed by atoms with Crippen LogP contribution in [0.15, 0.2) is 60.9 Å². The van der Waals surface area contributed by atoms with Crippen LogP contribution < -0.4 is 20.1 Å². The average Bonchev–Trinajstić information content (AvgIpc) is 2.70. The normalized spacial score (nSPS) is 10.1. The van der Waals surface area contributed by atoms with Crippen LogP contribution in [0.1, 0.15) is 11.3 Å². The predicted molar refractivity (Wildman–Crippen MR) is 102 cm³/mol. The lowest BCUT2D eigenvalue weighted by molar-refractivity contribution is 0.251. The number of benzene rings is 1. The number of carbonyl (C=O) groups is 1. The minimum Gasteiger partial charge on any atom is -0.493 e. The van der Waals surface area contributed by atoms with Gasteiger partial charge in [0.05, 0.1) is 31.2 Å². The van der Waals surface area contributed by atoms with Gasteiger partial charge >= 0.3 is 6.03 Å². The molecule has 3 rings (SSSR count). The Hall–Kier alpha value is -3.61. The molecule has 2 aromatic heterocycles. The van der Waals surface area contributed by atoms with Crippen molar-refractivity contribution >= 4 is 11.7 Å². The van der Waals surface area contributed by atoms with Gasteiger partial charge in [0.1, 0.15) is 0 Å². The van der Waals surface area contributed by atoms with E-state index in [1.165, 1.54) is 6.20 Å². The van der Waals surface area contributed by atoms with Crippen LogP contribution in [-0.2, 0) is 6.54 Å². The lowest BCUT2D eigenvalue weighted by Gasteiger charge is -2.11. The SMILES string of the molecule is COc1cc(C)ccc1Oc1ccc(NC(=O)NCc2ccccn2)cn1. The molecule has 0 saturated carbocycles. The smallest absolute Gasteiger partial charge is 0.319 e. The van der Waals surface area contributed by atoms with Crippen LogP contribution in [0.3, 0.4) is 0 Å². The molecule has 0 spiro atoms. The number of aryl methyl sites for hydroxylation is 1. The van der Waals surface area contributed by atoms with Crippen molar-refractivity contribution in [3.8, 4) is 17.4 Å². The summed E-state index contributed by atoms with van der Waals surface area (Å²) in [5, 5.41) is 5.45. The van der Waals surface area contributed by atoms with E-state index in [9.17, 15) is 4.79 Å². The van der Waals surface area contributed by atoms with E-state index < -0.39 is 0 Å². The highest BCUT2D eigenvalue weighted by Crippen LogP contribution is 2.31. The highest BCUT2D eigenvalue weighted by molar-refractivity contribution is 5.88. The number of nitrogens with zero attached hydrogens (tertiary/aromatic N) is 2. The molecule has 0 aliphatic rings. The summed E-state index contributed by atoms with van der Waals surface area (Å²) in [6.45, 7) is 2.32. The number of urea groups is 1. The van der Waals surface area contributed by atoms with E-state index >= 15 is 0 Å². The molecule has 7 nitrogen and oxygen atoms in total. The maximum Gasteiger partial charge on any atom is 0.319 e. The molecule has 0 aliphatic carbocycles. The summed E-state index contributed by atoms with van der Waals surface area (Å²) in [6, 6.07) is 14.2. The highest BCUT2D eigenvalue weighted by atomic mass is 16.5. The van der Waals surface area contributed by atoms with Gasteiger partial charge in [0, 0.05) is 12.3 Å². The van der Waals surface area contributed by atoms with E-state index in [-0.39, 0.29) is 6.03 Å². The molecular weight excluding hydrogens is 344 g/mol. The number of carbonyl (C=O) groups excluding carboxylic acids is 1. The summed E-state index contributed by atoms with van der Waals surface area (Å²) in [7, 11) is 1.59. The van der Waals surface area contributed by atoms with Crippen LogP contribution in [-0.4, -0.2) is 23.1 Å². The van der Waals surface area contributed by atoms with Gasteiger partial charge in [-0.2, -0.15) is 0 Å². The molecule has 3 aromatic rings. The zero-order valence-corrected chi connectivity index (χ0v) is 15.1. The maximum absolute atomic E-state index is 12.0. The number of pyridine rings is 2. The fraction of sp³-hybridized carbons (Fsp3) is 0.150. The molecule has 0 saturated heterocycles. The molecule has 1 aromatic carbocycles. The quantitative estimate of drug-likeness (QED) is 0.693. The molecule has 0 fully saturated rings. The van der Waals surface area contributed by atoms with Crippen molar-refractivity contribution in [1.29, 1.82) is 0 Å². The van der Waals surface area contributed by atoms with E-state index in [1.54, 1.807) is 25.4 Å². The summed E-state index contributed by atoms with van der Waals surface area (Å²) in [4.78, 5) is 20.3. The first-order valence-electron chi connectivity index (χ1n) is 8.37.